The minimum absolute atomic E-state index is 0.105. The molecule has 0 spiro atoms. The number of hydrogen-bond donors (Lipinski definition) is 0. The average molecular weight is 350 g/mol. The highest BCUT2D eigenvalue weighted by molar-refractivity contribution is 5.91. The van der Waals surface area contributed by atoms with Crippen molar-refractivity contribution in [2.75, 3.05) is 7.11 Å². The van der Waals surface area contributed by atoms with Crippen LogP contribution < -0.4 is 0 Å². The van der Waals surface area contributed by atoms with Crippen LogP contribution in [0.1, 0.15) is 54.9 Å². The summed E-state index contributed by atoms with van der Waals surface area (Å²) >= 11 is 0. The highest BCUT2D eigenvalue weighted by Crippen LogP contribution is 2.48. The molecule has 4 atom stereocenters. The molecule has 0 heterocycles. The van der Waals surface area contributed by atoms with Gasteiger partial charge in [0.15, 0.2) is 0 Å². The molecule has 0 radical (unpaired) electrons. The molecule has 4 nitrogen and oxygen atoms in total. The Kier molecular flexibility index (Phi) is 7.45. The van der Waals surface area contributed by atoms with E-state index >= 15 is 0 Å². The van der Waals surface area contributed by atoms with E-state index in [1.807, 2.05) is 33.8 Å². The van der Waals surface area contributed by atoms with Gasteiger partial charge in [-0.3, -0.25) is 4.79 Å². The summed E-state index contributed by atoms with van der Waals surface area (Å²) in [5.41, 5.74) is 0.0333. The van der Waals surface area contributed by atoms with Crippen LogP contribution in [0.25, 0.3) is 0 Å². The molecule has 4 unspecified atom stereocenters. The molecule has 1 aliphatic carbocycles. The van der Waals surface area contributed by atoms with Gasteiger partial charge >= 0.3 is 11.9 Å². The zero-order valence-corrected chi connectivity index (χ0v) is 17.0. The molecular weight excluding hydrogens is 316 g/mol. The zero-order valence-electron chi connectivity index (χ0n) is 17.0. The molecule has 1 rings (SSSR count). The van der Waals surface area contributed by atoms with Crippen LogP contribution in [0.15, 0.2) is 23.8 Å². The predicted molar refractivity (Wildman–Crippen MR) is 99.8 cm³/mol. The molecule has 142 valence electrons. The lowest BCUT2D eigenvalue weighted by Crippen LogP contribution is -2.44. The monoisotopic (exact) mass is 350 g/mol. The van der Waals surface area contributed by atoms with Gasteiger partial charge in [0.05, 0.1) is 18.6 Å². The van der Waals surface area contributed by atoms with Crippen LogP contribution in [0.4, 0.5) is 0 Å². The summed E-state index contributed by atoms with van der Waals surface area (Å²) in [5, 5.41) is 0. The third-order valence-electron chi connectivity index (χ3n) is 4.89. The first-order chi connectivity index (χ1) is 11.5. The predicted octanol–water partition coefficient (Wildman–Crippen LogP) is 4.55. The molecule has 0 amide bonds. The second kappa shape index (κ2) is 8.68. The van der Waals surface area contributed by atoms with E-state index < -0.39 is 5.60 Å². The van der Waals surface area contributed by atoms with Crippen molar-refractivity contribution in [2.45, 2.75) is 60.5 Å². The number of carbonyl (C=O) groups excluding carboxylic acids is 2. The normalized spacial score (nSPS) is 25.6. The lowest BCUT2D eigenvalue weighted by atomic mass is 9.58. The molecule has 0 bridgehead atoms. The third-order valence-corrected chi connectivity index (χ3v) is 4.89. The van der Waals surface area contributed by atoms with Gasteiger partial charge in [-0.1, -0.05) is 39.0 Å². The van der Waals surface area contributed by atoms with Crippen molar-refractivity contribution in [3.63, 3.8) is 0 Å². The molecule has 1 saturated carbocycles. The van der Waals surface area contributed by atoms with Crippen LogP contribution in [-0.4, -0.2) is 24.6 Å². The molecule has 0 saturated heterocycles. The molecule has 0 N–H and O–H groups in total. The zero-order chi connectivity index (χ0) is 19.4. The first-order valence-corrected chi connectivity index (χ1v) is 9.17. The van der Waals surface area contributed by atoms with Gasteiger partial charge in [-0.15, -0.1) is 0 Å². The van der Waals surface area contributed by atoms with Crippen molar-refractivity contribution < 1.29 is 19.1 Å². The molecule has 0 aromatic rings. The van der Waals surface area contributed by atoms with Crippen molar-refractivity contribution in [3.05, 3.63) is 23.8 Å². The molecule has 0 aromatic heterocycles. The topological polar surface area (TPSA) is 52.6 Å². The first kappa shape index (κ1) is 21.5. The Hall–Kier alpha value is -1.58. The number of methoxy groups -OCH3 is 1. The van der Waals surface area contributed by atoms with Gasteiger partial charge < -0.3 is 9.47 Å². The Bertz CT molecular complexity index is 537. The van der Waals surface area contributed by atoms with Crippen molar-refractivity contribution in [2.24, 2.45) is 29.6 Å². The van der Waals surface area contributed by atoms with Crippen LogP contribution >= 0.6 is 0 Å². The van der Waals surface area contributed by atoms with E-state index in [0.717, 1.165) is 6.42 Å². The van der Waals surface area contributed by atoms with Crippen molar-refractivity contribution in [1.82, 2.24) is 0 Å². The summed E-state index contributed by atoms with van der Waals surface area (Å²) in [5.74, 6) is 0.689. The smallest absolute Gasteiger partial charge is 0.338 e. The fourth-order valence-electron chi connectivity index (χ4n) is 3.60. The van der Waals surface area contributed by atoms with Gasteiger partial charge in [0.1, 0.15) is 5.60 Å². The highest BCUT2D eigenvalue weighted by Gasteiger charge is 2.45. The maximum Gasteiger partial charge on any atom is 0.338 e. The first-order valence-electron chi connectivity index (χ1n) is 9.17. The van der Waals surface area contributed by atoms with E-state index in [2.05, 4.69) is 26.8 Å². The van der Waals surface area contributed by atoms with Gasteiger partial charge in [0.25, 0.3) is 0 Å². The molecule has 25 heavy (non-hydrogen) atoms. The van der Waals surface area contributed by atoms with Gasteiger partial charge in [-0.25, -0.2) is 4.79 Å². The van der Waals surface area contributed by atoms with Crippen molar-refractivity contribution in [3.8, 4) is 0 Å². The Morgan fingerprint density at radius 3 is 2.20 bits per heavy atom. The molecule has 0 aliphatic heterocycles. The number of rotatable bonds is 6. The Morgan fingerprint density at radius 1 is 1.20 bits per heavy atom. The maximum absolute atomic E-state index is 12.3. The molecule has 4 heteroatoms. The third kappa shape index (κ3) is 5.72. The number of hydrogen-bond acceptors (Lipinski definition) is 4. The van der Waals surface area contributed by atoms with Crippen LogP contribution in [0.5, 0.6) is 0 Å². The highest BCUT2D eigenvalue weighted by atomic mass is 16.6. The quantitative estimate of drug-likeness (QED) is 0.401. The van der Waals surface area contributed by atoms with E-state index in [-0.39, 0.29) is 35.6 Å². The van der Waals surface area contributed by atoms with Crippen molar-refractivity contribution >= 4 is 11.9 Å². The van der Waals surface area contributed by atoms with Crippen LogP contribution in [-0.2, 0) is 19.1 Å². The van der Waals surface area contributed by atoms with Gasteiger partial charge in [0, 0.05) is 0 Å². The molecule has 0 aromatic carbocycles. The summed E-state index contributed by atoms with van der Waals surface area (Å²) in [6.45, 7) is 13.7. The van der Waals surface area contributed by atoms with Crippen LogP contribution in [0.2, 0.25) is 0 Å². The average Bonchev–Trinajstić information content (AvgIpc) is 2.48. The summed E-state index contributed by atoms with van der Waals surface area (Å²) in [6.07, 6.45) is 6.68. The summed E-state index contributed by atoms with van der Waals surface area (Å²) in [4.78, 5) is 24.4. The van der Waals surface area contributed by atoms with Crippen LogP contribution in [0.3, 0.4) is 0 Å². The Balaban J connectivity index is 2.89. The van der Waals surface area contributed by atoms with Gasteiger partial charge in [0.2, 0.25) is 0 Å². The number of allylic oxidation sites excluding steroid dienone is 2. The maximum atomic E-state index is 12.3. The second-order valence-corrected chi connectivity index (χ2v) is 8.35. The largest absolute Gasteiger partial charge is 0.469 e. The van der Waals surface area contributed by atoms with Crippen molar-refractivity contribution in [1.29, 1.82) is 0 Å². The number of ether oxygens (including phenoxy) is 2. The number of carbonyl (C=O) groups is 2. The van der Waals surface area contributed by atoms with E-state index in [9.17, 15) is 9.59 Å². The van der Waals surface area contributed by atoms with E-state index in [4.69, 9.17) is 9.47 Å². The van der Waals surface area contributed by atoms with E-state index in [1.165, 1.54) is 7.11 Å². The SMILES string of the molecule is C/C=C(\C=C/C1C(C)CC1C(C(=O)OC)C(C)C)C(=O)OC(C)(C)C. The lowest BCUT2D eigenvalue weighted by Gasteiger charge is -2.46. The van der Waals surface area contributed by atoms with E-state index in [1.54, 1.807) is 6.08 Å². The minimum Gasteiger partial charge on any atom is -0.469 e. The standard InChI is InChI=1S/C21H34O4/c1-9-15(19(22)25-21(5,6)7)10-11-16-14(4)12-17(16)18(13(2)3)20(23)24-8/h9-11,13-14,16-18H,12H2,1-8H3/b11-10-,15-9+. The van der Waals surface area contributed by atoms with Crippen LogP contribution in [0, 0.1) is 29.6 Å². The summed E-state index contributed by atoms with van der Waals surface area (Å²) in [7, 11) is 1.45. The number of esters is 2. The molecule has 1 fully saturated rings. The molecule has 1 aliphatic rings. The fraction of sp³-hybridized carbons (Fsp3) is 0.714. The molecular formula is C21H34O4. The summed E-state index contributed by atoms with van der Waals surface area (Å²) in [6, 6.07) is 0. The van der Waals surface area contributed by atoms with E-state index in [0.29, 0.717) is 11.5 Å². The summed E-state index contributed by atoms with van der Waals surface area (Å²) < 4.78 is 10.4. The Morgan fingerprint density at radius 2 is 1.80 bits per heavy atom. The van der Waals surface area contributed by atoms with Gasteiger partial charge in [-0.05, 0) is 57.8 Å². The fourth-order valence-corrected chi connectivity index (χ4v) is 3.60. The second-order valence-electron chi connectivity index (χ2n) is 8.35. The lowest BCUT2D eigenvalue weighted by molar-refractivity contribution is -0.153. The Labute approximate surface area is 152 Å². The van der Waals surface area contributed by atoms with Gasteiger partial charge in [-0.2, -0.15) is 0 Å². The minimum atomic E-state index is -0.515.